The third kappa shape index (κ3) is 6.20. The van der Waals surface area contributed by atoms with Crippen molar-refractivity contribution in [2.45, 2.75) is 24.2 Å². The summed E-state index contributed by atoms with van der Waals surface area (Å²) in [5.74, 6) is -0.00441. The lowest BCUT2D eigenvalue weighted by Gasteiger charge is -2.36. The number of carbonyl (C=O) groups excluding carboxylic acids is 2. The zero-order valence-corrected chi connectivity index (χ0v) is 29.0. The molecule has 0 aliphatic carbocycles. The van der Waals surface area contributed by atoms with Crippen LogP contribution >= 0.6 is 0 Å². The van der Waals surface area contributed by atoms with E-state index in [9.17, 15) is 18.0 Å². The van der Waals surface area contributed by atoms with E-state index >= 15 is 0 Å². The quantitative estimate of drug-likeness (QED) is 0.259. The van der Waals surface area contributed by atoms with E-state index in [4.69, 9.17) is 4.98 Å². The van der Waals surface area contributed by atoms with Crippen LogP contribution in [0.4, 0.5) is 5.69 Å². The van der Waals surface area contributed by atoms with Crippen LogP contribution in [0.1, 0.15) is 33.8 Å². The minimum Gasteiger partial charge on any atom is -0.369 e. The lowest BCUT2D eigenvalue weighted by atomic mass is 9.91. The molecule has 49 heavy (non-hydrogen) atoms. The topological polar surface area (TPSA) is 108 Å². The minimum atomic E-state index is -3.98. The molecule has 2 saturated heterocycles. The monoisotopic (exact) mass is 676 g/mol. The first-order valence-electron chi connectivity index (χ1n) is 16.5. The molecule has 3 aromatic carbocycles. The summed E-state index contributed by atoms with van der Waals surface area (Å²) >= 11 is 0. The van der Waals surface area contributed by atoms with Gasteiger partial charge in [-0.25, -0.2) is 17.4 Å². The smallest absolute Gasteiger partial charge is 0.269 e. The highest BCUT2D eigenvalue weighted by atomic mass is 32.2. The Balaban J connectivity index is 1.36. The van der Waals surface area contributed by atoms with Crippen molar-refractivity contribution < 1.29 is 18.0 Å². The predicted octanol–water partition coefficient (Wildman–Crippen LogP) is 4.97. The zero-order valence-electron chi connectivity index (χ0n) is 28.2. The van der Waals surface area contributed by atoms with Gasteiger partial charge in [0.1, 0.15) is 0 Å². The highest BCUT2D eigenvalue weighted by Crippen LogP contribution is 2.39. The first-order chi connectivity index (χ1) is 23.5. The Kier molecular flexibility index (Phi) is 8.50. The summed E-state index contributed by atoms with van der Waals surface area (Å²) in [6, 6.07) is 22.4. The second kappa shape index (κ2) is 12.8. The third-order valence-electron chi connectivity index (χ3n) is 9.66. The van der Waals surface area contributed by atoms with Crippen molar-refractivity contribution in [1.29, 1.82) is 0 Å². The molecule has 11 heteroatoms. The maximum absolute atomic E-state index is 14.0. The van der Waals surface area contributed by atoms with E-state index in [0.29, 0.717) is 35.1 Å². The number of benzene rings is 3. The summed E-state index contributed by atoms with van der Waals surface area (Å²) in [6.07, 6.45) is 3.79. The third-order valence-corrected chi connectivity index (χ3v) is 11.3. The highest BCUT2D eigenvalue weighted by Gasteiger charge is 2.29. The average Bonchev–Trinajstić information content (AvgIpc) is 3.72. The number of hydrogen-bond donors (Lipinski definition) is 1. The number of aryl methyl sites for hydroxylation is 1. The summed E-state index contributed by atoms with van der Waals surface area (Å²) < 4.78 is 29.3. The summed E-state index contributed by atoms with van der Waals surface area (Å²) in [5, 5.41) is 3.67. The Morgan fingerprint density at radius 2 is 1.59 bits per heavy atom. The maximum Gasteiger partial charge on any atom is 0.269 e. The molecule has 2 aliphatic heterocycles. The van der Waals surface area contributed by atoms with Crippen LogP contribution in [0.3, 0.4) is 0 Å². The number of nitrogens with one attached hydrogen (secondary N) is 1. The minimum absolute atomic E-state index is 0.0542. The van der Waals surface area contributed by atoms with Gasteiger partial charge in [0.15, 0.2) is 5.65 Å². The Morgan fingerprint density at radius 3 is 2.24 bits per heavy atom. The van der Waals surface area contributed by atoms with Crippen molar-refractivity contribution in [1.82, 2.24) is 24.1 Å². The summed E-state index contributed by atoms with van der Waals surface area (Å²) in [6.45, 7) is 6.28. The van der Waals surface area contributed by atoms with E-state index in [0.717, 1.165) is 59.7 Å². The molecule has 0 bridgehead atoms. The van der Waals surface area contributed by atoms with E-state index in [-0.39, 0.29) is 22.6 Å². The van der Waals surface area contributed by atoms with Gasteiger partial charge in [-0.3, -0.25) is 9.59 Å². The molecule has 2 fully saturated rings. The van der Waals surface area contributed by atoms with Crippen LogP contribution in [0.25, 0.3) is 33.3 Å². The van der Waals surface area contributed by atoms with Crippen LogP contribution in [0.15, 0.2) is 90.1 Å². The fraction of sp³-hybridized carbons (Fsp3) is 0.289. The van der Waals surface area contributed by atoms with E-state index in [1.165, 1.54) is 8.87 Å². The number of hydrogen-bond acceptors (Lipinski definition) is 7. The van der Waals surface area contributed by atoms with E-state index in [2.05, 4.69) is 40.4 Å². The molecular formula is C38H40N6O4S. The van der Waals surface area contributed by atoms with Crippen molar-refractivity contribution >= 4 is 38.6 Å². The normalized spacial score (nSPS) is 17.0. The Morgan fingerprint density at radius 1 is 0.898 bits per heavy atom. The van der Waals surface area contributed by atoms with E-state index in [1.807, 2.05) is 25.1 Å². The molecule has 0 saturated carbocycles. The van der Waals surface area contributed by atoms with Crippen molar-refractivity contribution in [3.8, 4) is 22.3 Å². The first kappa shape index (κ1) is 32.5. The van der Waals surface area contributed by atoms with Crippen LogP contribution in [-0.2, 0) is 14.8 Å². The van der Waals surface area contributed by atoms with Crippen molar-refractivity contribution in [2.75, 3.05) is 58.8 Å². The number of aromatic nitrogens is 2. The summed E-state index contributed by atoms with van der Waals surface area (Å²) in [5.41, 5.74) is 7.31. The summed E-state index contributed by atoms with van der Waals surface area (Å²) in [7, 11) is 1.57. The van der Waals surface area contributed by atoms with Gasteiger partial charge >= 0.3 is 0 Å². The lowest BCUT2D eigenvalue weighted by Crippen LogP contribution is -2.44. The van der Waals surface area contributed by atoms with Gasteiger partial charge in [-0.1, -0.05) is 35.9 Å². The molecule has 1 N–H and O–H groups in total. The number of pyridine rings is 1. The van der Waals surface area contributed by atoms with Crippen LogP contribution in [0.2, 0.25) is 0 Å². The molecule has 1 unspecified atom stereocenters. The SMILES string of the molecule is Cc1ccc(S(=O)(=O)n2cc(-c3ccc(C(=O)N(C)C)cc3)c3cc(-c4ccc(N5CCN(C)CC5)c(C5CNC(=O)C5)c4)cnc32)cc1. The second-order valence-corrected chi connectivity index (χ2v) is 15.1. The largest absolute Gasteiger partial charge is 0.369 e. The molecule has 4 heterocycles. The van der Waals surface area contributed by atoms with Crippen molar-refractivity contribution in [3.05, 3.63) is 102 Å². The van der Waals surface area contributed by atoms with Gasteiger partial charge in [-0.05, 0) is 73.1 Å². The number of rotatable bonds is 7. The molecule has 0 radical (unpaired) electrons. The van der Waals surface area contributed by atoms with Gasteiger partial charge in [-0.2, -0.15) is 0 Å². The number of carbonyl (C=O) groups is 2. The molecule has 252 valence electrons. The zero-order chi connectivity index (χ0) is 34.4. The number of likely N-dealkylation sites (N-methyl/N-ethyl adjacent to an activating group) is 1. The van der Waals surface area contributed by atoms with Gasteiger partial charge in [0.05, 0.1) is 4.90 Å². The van der Waals surface area contributed by atoms with Crippen LogP contribution in [-0.4, -0.2) is 92.9 Å². The van der Waals surface area contributed by atoms with Crippen LogP contribution in [0.5, 0.6) is 0 Å². The maximum atomic E-state index is 14.0. The fourth-order valence-corrected chi connectivity index (χ4v) is 8.07. The summed E-state index contributed by atoms with van der Waals surface area (Å²) in [4.78, 5) is 36.1. The fourth-order valence-electron chi connectivity index (χ4n) is 6.75. The first-order valence-corrected chi connectivity index (χ1v) is 17.9. The van der Waals surface area contributed by atoms with Crippen molar-refractivity contribution in [2.24, 2.45) is 0 Å². The Hall–Kier alpha value is -5.00. The number of amides is 2. The van der Waals surface area contributed by atoms with Crippen LogP contribution < -0.4 is 10.2 Å². The number of fused-ring (bicyclic) bond motifs is 1. The number of anilines is 1. The van der Waals surface area contributed by atoms with Gasteiger partial charge in [0, 0.05) is 99.3 Å². The Labute approximate surface area is 287 Å². The standard InChI is InChI=1S/C38H40N6O4S/c1-25-5-12-31(13-6-25)49(47,48)44-24-34(26-7-9-27(10-8-26)38(46)41(2)3)33-20-29(22-40-37(33)44)28-11-14-35(43-17-15-42(4)16-18-43)32(19-28)30-21-36(45)39-23-30/h5-14,19-20,22,24,30H,15-18,21,23H2,1-4H3,(H,39,45). The molecule has 0 spiro atoms. The Bertz CT molecular complexity index is 2170. The van der Waals surface area contributed by atoms with E-state index in [1.54, 1.807) is 62.9 Å². The molecule has 5 aromatic rings. The molecule has 1 atom stereocenters. The van der Waals surface area contributed by atoms with Gasteiger partial charge in [0.2, 0.25) is 5.91 Å². The molecular weight excluding hydrogens is 637 g/mol. The predicted molar refractivity (Wildman–Crippen MR) is 192 cm³/mol. The van der Waals surface area contributed by atoms with Gasteiger partial charge in [-0.15, -0.1) is 0 Å². The van der Waals surface area contributed by atoms with Gasteiger partial charge < -0.3 is 20.0 Å². The highest BCUT2D eigenvalue weighted by molar-refractivity contribution is 7.90. The molecule has 2 aromatic heterocycles. The van der Waals surface area contributed by atoms with Gasteiger partial charge in [0.25, 0.3) is 15.9 Å². The molecule has 10 nitrogen and oxygen atoms in total. The second-order valence-electron chi connectivity index (χ2n) is 13.3. The number of piperazine rings is 1. The molecule has 7 rings (SSSR count). The molecule has 2 aliphatic rings. The molecule has 2 amide bonds. The van der Waals surface area contributed by atoms with E-state index < -0.39 is 10.0 Å². The van der Waals surface area contributed by atoms with Crippen molar-refractivity contribution in [3.63, 3.8) is 0 Å². The van der Waals surface area contributed by atoms with Crippen LogP contribution in [0, 0.1) is 6.92 Å². The average molecular weight is 677 g/mol. The lowest BCUT2D eigenvalue weighted by molar-refractivity contribution is -0.119. The number of nitrogens with zero attached hydrogens (tertiary/aromatic N) is 5.